The van der Waals surface area contributed by atoms with E-state index in [-0.39, 0.29) is 20.1 Å². The molecule has 0 amide bonds. The Kier molecular flexibility index (Phi) is 4.91. The molecule has 0 spiro atoms. The summed E-state index contributed by atoms with van der Waals surface area (Å²) in [7, 11) is 1.67. The maximum atomic E-state index is 5.38. The van der Waals surface area contributed by atoms with E-state index in [1.807, 2.05) is 31.3 Å². The van der Waals surface area contributed by atoms with Crippen LogP contribution in [0.25, 0.3) is 5.69 Å². The van der Waals surface area contributed by atoms with E-state index in [1.165, 1.54) is 5.56 Å². The van der Waals surface area contributed by atoms with Gasteiger partial charge in [0.2, 0.25) is 5.88 Å². The monoisotopic (exact) mass is 408 g/mol. The molecule has 0 aliphatic carbocycles. The second kappa shape index (κ2) is 5.99. The van der Waals surface area contributed by atoms with Gasteiger partial charge in [0.15, 0.2) is 0 Å². The topological polar surface area (TPSA) is 27.1 Å². The van der Waals surface area contributed by atoms with Gasteiger partial charge >= 0.3 is 0 Å². The Morgan fingerprint density at radius 2 is 2.24 bits per heavy atom. The molecule has 2 aromatic rings. The Labute approximate surface area is 115 Å². The van der Waals surface area contributed by atoms with Gasteiger partial charge in [0.25, 0.3) is 0 Å². The molecule has 2 rings (SSSR count). The first-order chi connectivity index (χ1) is 7.76. The zero-order chi connectivity index (χ0) is 11.5. The number of benzene rings is 1. The van der Waals surface area contributed by atoms with Crippen LogP contribution in [0.5, 0.6) is 5.88 Å². The second-order valence-corrected chi connectivity index (χ2v) is 3.70. The molecule has 1 heterocycles. The van der Waals surface area contributed by atoms with Crippen molar-refractivity contribution in [2.45, 2.75) is 20.3 Å². The average Bonchev–Trinajstić information content (AvgIpc) is 2.71. The van der Waals surface area contributed by atoms with Crippen molar-refractivity contribution in [1.82, 2.24) is 9.78 Å². The number of hydrogen-bond acceptors (Lipinski definition) is 2. The Morgan fingerprint density at radius 3 is 2.82 bits per heavy atom. The molecule has 0 saturated heterocycles. The maximum Gasteiger partial charge on any atom is 0.217 e. The summed E-state index contributed by atoms with van der Waals surface area (Å²) in [6.45, 7) is 4.14. The van der Waals surface area contributed by atoms with Crippen molar-refractivity contribution < 1.29 is 24.8 Å². The molecule has 0 N–H and O–H groups in total. The Bertz CT molecular complexity index is 494. The molecular weight excluding hydrogens is 392 g/mol. The van der Waals surface area contributed by atoms with Crippen LogP contribution in [0.1, 0.15) is 18.1 Å². The van der Waals surface area contributed by atoms with Crippen LogP contribution in [-0.2, 0) is 26.5 Å². The molecule has 0 bridgehead atoms. The zero-order valence-corrected chi connectivity index (χ0v) is 12.5. The van der Waals surface area contributed by atoms with Gasteiger partial charge in [-0.05, 0) is 12.1 Å². The third-order valence-corrected chi connectivity index (χ3v) is 2.54. The number of methoxy groups -OCH3 is 1. The van der Waals surface area contributed by atoms with Crippen molar-refractivity contribution in [2.24, 2.45) is 0 Å². The van der Waals surface area contributed by atoms with Crippen LogP contribution in [0.4, 0.5) is 0 Å². The SMILES string of the molecule is CCc1cnn(-c2[c-]ccc(C)c2)c1OC.[Ir]. The van der Waals surface area contributed by atoms with E-state index in [4.69, 9.17) is 4.74 Å². The Morgan fingerprint density at radius 1 is 1.47 bits per heavy atom. The van der Waals surface area contributed by atoms with Gasteiger partial charge in [-0.25, -0.2) is 4.68 Å². The quantitative estimate of drug-likeness (QED) is 0.732. The van der Waals surface area contributed by atoms with Gasteiger partial charge in [-0.3, -0.25) is 0 Å². The molecule has 17 heavy (non-hydrogen) atoms. The van der Waals surface area contributed by atoms with E-state index in [0.717, 1.165) is 23.6 Å². The van der Waals surface area contributed by atoms with E-state index in [0.29, 0.717) is 0 Å². The second-order valence-electron chi connectivity index (χ2n) is 3.70. The van der Waals surface area contributed by atoms with Crippen molar-refractivity contribution in [3.8, 4) is 11.6 Å². The molecule has 1 aromatic carbocycles. The van der Waals surface area contributed by atoms with Crippen molar-refractivity contribution in [3.63, 3.8) is 0 Å². The first-order valence-corrected chi connectivity index (χ1v) is 5.36. The standard InChI is InChI=1S/C13H15N2O.Ir/c1-4-11-9-14-15(13(11)16-3)12-7-5-6-10(2)8-12;/h5-6,8-9H,4H2,1-3H3;/q-1;. The average molecular weight is 407 g/mol. The fraction of sp³-hybridized carbons (Fsp3) is 0.308. The molecule has 4 heteroatoms. The summed E-state index contributed by atoms with van der Waals surface area (Å²) in [5, 5.41) is 4.33. The van der Waals surface area contributed by atoms with Crippen LogP contribution in [-0.4, -0.2) is 16.9 Å². The predicted molar refractivity (Wildman–Crippen MR) is 63.1 cm³/mol. The molecule has 0 unspecified atom stereocenters. The molecule has 3 nitrogen and oxygen atoms in total. The van der Waals surface area contributed by atoms with E-state index in [9.17, 15) is 0 Å². The van der Waals surface area contributed by atoms with E-state index >= 15 is 0 Å². The van der Waals surface area contributed by atoms with Crippen molar-refractivity contribution in [3.05, 3.63) is 41.6 Å². The van der Waals surface area contributed by atoms with Crippen LogP contribution in [0.2, 0.25) is 0 Å². The van der Waals surface area contributed by atoms with Gasteiger partial charge in [-0.1, -0.05) is 13.8 Å². The number of nitrogens with zero attached hydrogens (tertiary/aromatic N) is 2. The molecule has 93 valence electrons. The summed E-state index contributed by atoms with van der Waals surface area (Å²) in [6.07, 6.45) is 2.75. The maximum absolute atomic E-state index is 5.38. The fourth-order valence-corrected chi connectivity index (χ4v) is 1.69. The van der Waals surface area contributed by atoms with Gasteiger partial charge < -0.3 is 4.74 Å². The molecular formula is C13H15IrN2O-. The van der Waals surface area contributed by atoms with Crippen LogP contribution >= 0.6 is 0 Å². The molecule has 1 radical (unpaired) electrons. The zero-order valence-electron chi connectivity index (χ0n) is 10.2. The van der Waals surface area contributed by atoms with E-state index < -0.39 is 0 Å². The summed E-state index contributed by atoms with van der Waals surface area (Å²) in [5.74, 6) is 0.796. The van der Waals surface area contributed by atoms with Crippen LogP contribution in [0.15, 0.2) is 24.4 Å². The molecule has 0 aliphatic rings. The summed E-state index contributed by atoms with van der Waals surface area (Å²) >= 11 is 0. The number of ether oxygens (including phenoxy) is 1. The van der Waals surface area contributed by atoms with Gasteiger partial charge in [-0.15, -0.1) is 6.07 Å². The van der Waals surface area contributed by atoms with E-state index in [1.54, 1.807) is 11.8 Å². The third-order valence-electron chi connectivity index (χ3n) is 2.54. The Hall–Kier alpha value is -1.12. The molecule has 0 saturated carbocycles. The minimum absolute atomic E-state index is 0. The molecule has 0 atom stereocenters. The molecule has 0 aliphatic heterocycles. The minimum Gasteiger partial charge on any atom is -0.481 e. The van der Waals surface area contributed by atoms with Crippen molar-refractivity contribution >= 4 is 0 Å². The van der Waals surface area contributed by atoms with Crippen LogP contribution in [0, 0.1) is 13.0 Å². The van der Waals surface area contributed by atoms with Crippen molar-refractivity contribution in [2.75, 3.05) is 7.11 Å². The normalized spacial score (nSPS) is 9.82. The summed E-state index contributed by atoms with van der Waals surface area (Å²) in [5.41, 5.74) is 3.21. The number of rotatable bonds is 3. The summed E-state index contributed by atoms with van der Waals surface area (Å²) < 4.78 is 7.17. The van der Waals surface area contributed by atoms with Crippen LogP contribution in [0.3, 0.4) is 0 Å². The fourth-order valence-electron chi connectivity index (χ4n) is 1.69. The van der Waals surface area contributed by atoms with Gasteiger partial charge in [0.1, 0.15) is 0 Å². The van der Waals surface area contributed by atoms with Crippen molar-refractivity contribution in [1.29, 1.82) is 0 Å². The largest absolute Gasteiger partial charge is 0.481 e. The third kappa shape index (κ3) is 2.76. The van der Waals surface area contributed by atoms with Crippen LogP contribution < -0.4 is 4.74 Å². The number of aromatic nitrogens is 2. The van der Waals surface area contributed by atoms with Gasteiger partial charge in [0, 0.05) is 25.7 Å². The number of aryl methyl sites for hydroxylation is 2. The first-order valence-electron chi connectivity index (χ1n) is 5.36. The predicted octanol–water partition coefficient (Wildman–Crippen LogP) is 2.55. The van der Waals surface area contributed by atoms with E-state index in [2.05, 4.69) is 18.1 Å². The van der Waals surface area contributed by atoms with Gasteiger partial charge in [0.05, 0.1) is 13.3 Å². The molecule has 0 fully saturated rings. The number of hydrogen-bond donors (Lipinski definition) is 0. The minimum atomic E-state index is 0. The first kappa shape index (κ1) is 13.9. The summed E-state index contributed by atoms with van der Waals surface area (Å²) in [6, 6.07) is 9.11. The van der Waals surface area contributed by atoms with Gasteiger partial charge in [-0.2, -0.15) is 28.9 Å². The Balaban J connectivity index is 0.00000144. The molecule has 1 aromatic heterocycles. The summed E-state index contributed by atoms with van der Waals surface area (Å²) in [4.78, 5) is 0. The smallest absolute Gasteiger partial charge is 0.217 e.